The van der Waals surface area contributed by atoms with Crippen LogP contribution in [0.3, 0.4) is 0 Å². The summed E-state index contributed by atoms with van der Waals surface area (Å²) in [4.78, 5) is 30.4. The number of thiophene rings is 1. The molecule has 1 N–H and O–H groups in total. The lowest BCUT2D eigenvalue weighted by Gasteiger charge is -2.41. The van der Waals surface area contributed by atoms with Gasteiger partial charge in [-0.05, 0) is 59.3 Å². The van der Waals surface area contributed by atoms with Crippen molar-refractivity contribution >= 4 is 50.3 Å². The monoisotopic (exact) mass is 452 g/mol. The van der Waals surface area contributed by atoms with E-state index in [9.17, 15) is 14.9 Å². The number of nitrogens with one attached hydrogen (secondary N) is 1. The summed E-state index contributed by atoms with van der Waals surface area (Å²) in [6.45, 7) is 0.530. The minimum absolute atomic E-state index is 0.146. The summed E-state index contributed by atoms with van der Waals surface area (Å²) in [6, 6.07) is 25.6. The van der Waals surface area contributed by atoms with Crippen molar-refractivity contribution < 1.29 is 9.59 Å². The summed E-state index contributed by atoms with van der Waals surface area (Å²) in [5, 5.41) is 15.2. The molecule has 4 aromatic rings. The number of hydrogen-bond acceptors (Lipinski definition) is 5. The van der Waals surface area contributed by atoms with Crippen molar-refractivity contribution in [3.63, 3.8) is 0 Å². The standard InChI is InChI=1S/C26H20N4O2S/c27-15-18-5-4-6-20(13-18)28-26(32)23-16-29(21-7-2-1-3-8-21)17-25(31)30(23)22-10-9-19-11-12-33-24(19)14-22/h1-14,23H,16-17H2,(H,28,32). The zero-order valence-electron chi connectivity index (χ0n) is 17.6. The summed E-state index contributed by atoms with van der Waals surface area (Å²) < 4.78 is 1.06. The zero-order chi connectivity index (χ0) is 22.8. The van der Waals surface area contributed by atoms with Crippen LogP contribution in [0.25, 0.3) is 10.1 Å². The van der Waals surface area contributed by atoms with Gasteiger partial charge in [0.25, 0.3) is 0 Å². The van der Waals surface area contributed by atoms with E-state index in [1.54, 1.807) is 40.5 Å². The first-order valence-corrected chi connectivity index (χ1v) is 11.4. The number of carbonyl (C=O) groups excluding carboxylic acids is 2. The molecule has 5 rings (SSSR count). The number of hydrogen-bond donors (Lipinski definition) is 1. The van der Waals surface area contributed by atoms with E-state index in [2.05, 4.69) is 11.4 Å². The Morgan fingerprint density at radius 2 is 1.85 bits per heavy atom. The molecule has 0 bridgehead atoms. The lowest BCUT2D eigenvalue weighted by molar-refractivity contribution is -0.124. The summed E-state index contributed by atoms with van der Waals surface area (Å²) in [5.41, 5.74) is 2.58. The van der Waals surface area contributed by atoms with Crippen LogP contribution in [0, 0.1) is 11.3 Å². The second kappa shape index (κ2) is 8.77. The Hall–Kier alpha value is -4.15. The Bertz CT molecular complexity index is 1380. The molecule has 1 aliphatic heterocycles. The highest BCUT2D eigenvalue weighted by Gasteiger charge is 2.38. The van der Waals surface area contributed by atoms with E-state index in [0.717, 1.165) is 15.8 Å². The van der Waals surface area contributed by atoms with Gasteiger partial charge in [-0.3, -0.25) is 14.5 Å². The predicted octanol–water partition coefficient (Wildman–Crippen LogP) is 4.63. The fraction of sp³-hybridized carbons (Fsp3) is 0.115. The van der Waals surface area contributed by atoms with Crippen LogP contribution >= 0.6 is 11.3 Å². The Balaban J connectivity index is 1.50. The minimum Gasteiger partial charge on any atom is -0.360 e. The Morgan fingerprint density at radius 1 is 1.00 bits per heavy atom. The maximum absolute atomic E-state index is 13.5. The molecule has 0 radical (unpaired) electrons. The van der Waals surface area contributed by atoms with Crippen LogP contribution in [0.1, 0.15) is 5.56 Å². The Labute approximate surface area is 195 Å². The van der Waals surface area contributed by atoms with Crippen LogP contribution in [-0.4, -0.2) is 30.9 Å². The highest BCUT2D eigenvalue weighted by Crippen LogP contribution is 2.30. The lowest BCUT2D eigenvalue weighted by atomic mass is 10.1. The smallest absolute Gasteiger partial charge is 0.249 e. The highest BCUT2D eigenvalue weighted by atomic mass is 32.1. The average molecular weight is 453 g/mol. The first-order valence-electron chi connectivity index (χ1n) is 10.5. The van der Waals surface area contributed by atoms with Gasteiger partial charge >= 0.3 is 0 Å². The first-order chi connectivity index (χ1) is 16.1. The van der Waals surface area contributed by atoms with Crippen molar-refractivity contribution in [2.75, 3.05) is 28.2 Å². The van der Waals surface area contributed by atoms with Crippen molar-refractivity contribution in [3.8, 4) is 6.07 Å². The molecular weight excluding hydrogens is 432 g/mol. The third kappa shape index (κ3) is 4.16. The molecule has 6 nitrogen and oxygen atoms in total. The maximum Gasteiger partial charge on any atom is 0.249 e. The third-order valence-corrected chi connectivity index (χ3v) is 6.58. The molecule has 2 heterocycles. The van der Waals surface area contributed by atoms with Crippen LogP contribution in [0.5, 0.6) is 0 Å². The number of rotatable bonds is 4. The molecule has 1 unspecified atom stereocenters. The van der Waals surface area contributed by atoms with Gasteiger partial charge in [-0.25, -0.2) is 0 Å². The van der Waals surface area contributed by atoms with E-state index in [1.165, 1.54) is 0 Å². The third-order valence-electron chi connectivity index (χ3n) is 5.70. The van der Waals surface area contributed by atoms with Crippen molar-refractivity contribution in [2.45, 2.75) is 6.04 Å². The number of benzene rings is 3. The van der Waals surface area contributed by atoms with Gasteiger partial charge in [0.1, 0.15) is 6.04 Å². The molecule has 0 aliphatic carbocycles. The maximum atomic E-state index is 13.5. The van der Waals surface area contributed by atoms with Gasteiger partial charge in [0.15, 0.2) is 0 Å². The summed E-state index contributed by atoms with van der Waals surface area (Å²) in [7, 11) is 0. The van der Waals surface area contributed by atoms with Crippen LogP contribution in [0.2, 0.25) is 0 Å². The summed E-state index contributed by atoms with van der Waals surface area (Å²) in [6.07, 6.45) is 0. The Morgan fingerprint density at radius 3 is 2.67 bits per heavy atom. The van der Waals surface area contributed by atoms with Gasteiger partial charge in [-0.1, -0.05) is 30.3 Å². The first kappa shape index (κ1) is 20.7. The van der Waals surface area contributed by atoms with Crippen molar-refractivity contribution in [2.24, 2.45) is 0 Å². The van der Waals surface area contributed by atoms with Gasteiger partial charge < -0.3 is 10.2 Å². The number of nitrogens with zero attached hydrogens (tertiary/aromatic N) is 3. The van der Waals surface area contributed by atoms with Crippen molar-refractivity contribution in [1.82, 2.24) is 0 Å². The average Bonchev–Trinajstić information content (AvgIpc) is 3.32. The number of nitriles is 1. The molecule has 3 aromatic carbocycles. The van der Waals surface area contributed by atoms with E-state index in [-0.39, 0.29) is 18.4 Å². The van der Waals surface area contributed by atoms with Crippen LogP contribution in [0.15, 0.2) is 84.2 Å². The van der Waals surface area contributed by atoms with Gasteiger partial charge in [-0.15, -0.1) is 11.3 Å². The highest BCUT2D eigenvalue weighted by molar-refractivity contribution is 7.17. The number of fused-ring (bicyclic) bond motifs is 1. The molecule has 0 spiro atoms. The largest absolute Gasteiger partial charge is 0.360 e. The minimum atomic E-state index is -0.741. The van der Waals surface area contributed by atoms with E-state index in [1.807, 2.05) is 64.9 Å². The molecule has 33 heavy (non-hydrogen) atoms. The molecule has 1 saturated heterocycles. The van der Waals surface area contributed by atoms with E-state index >= 15 is 0 Å². The number of piperazine rings is 1. The molecular formula is C26H20N4O2S. The van der Waals surface area contributed by atoms with Crippen LogP contribution in [0.4, 0.5) is 17.1 Å². The molecule has 1 aliphatic rings. The van der Waals surface area contributed by atoms with Gasteiger partial charge in [-0.2, -0.15) is 5.26 Å². The van der Waals surface area contributed by atoms with E-state index < -0.39 is 6.04 Å². The molecule has 2 amide bonds. The quantitative estimate of drug-likeness (QED) is 0.490. The number of carbonyl (C=O) groups is 2. The van der Waals surface area contributed by atoms with Crippen molar-refractivity contribution in [3.05, 3.63) is 89.8 Å². The molecule has 1 atom stereocenters. The molecule has 0 saturated carbocycles. The number of amides is 2. The fourth-order valence-corrected chi connectivity index (χ4v) is 4.94. The second-order valence-electron chi connectivity index (χ2n) is 7.82. The predicted molar refractivity (Wildman–Crippen MR) is 132 cm³/mol. The summed E-state index contributed by atoms with van der Waals surface area (Å²) in [5.74, 6) is -0.447. The topological polar surface area (TPSA) is 76.4 Å². The molecule has 1 aromatic heterocycles. The van der Waals surface area contributed by atoms with Crippen molar-refractivity contribution in [1.29, 1.82) is 5.26 Å². The number of para-hydroxylation sites is 1. The normalized spacial score (nSPS) is 16.0. The summed E-state index contributed by atoms with van der Waals surface area (Å²) >= 11 is 1.60. The fourth-order valence-electron chi connectivity index (χ4n) is 4.11. The molecule has 162 valence electrons. The van der Waals surface area contributed by atoms with Crippen LogP contribution < -0.4 is 15.1 Å². The van der Waals surface area contributed by atoms with Gasteiger partial charge in [0, 0.05) is 28.3 Å². The van der Waals surface area contributed by atoms with E-state index in [0.29, 0.717) is 23.5 Å². The van der Waals surface area contributed by atoms with Crippen LogP contribution in [-0.2, 0) is 9.59 Å². The second-order valence-corrected chi connectivity index (χ2v) is 8.77. The number of anilines is 3. The van der Waals surface area contributed by atoms with Gasteiger partial charge in [0.05, 0.1) is 18.2 Å². The van der Waals surface area contributed by atoms with E-state index in [4.69, 9.17) is 0 Å². The zero-order valence-corrected chi connectivity index (χ0v) is 18.5. The lowest BCUT2D eigenvalue weighted by Crippen LogP contribution is -2.61. The van der Waals surface area contributed by atoms with Gasteiger partial charge in [0.2, 0.25) is 11.8 Å². The SMILES string of the molecule is N#Cc1cccc(NC(=O)C2CN(c3ccccc3)CC(=O)N2c2ccc3ccsc3c2)c1. The molecule has 7 heteroatoms. The molecule has 1 fully saturated rings. The Kier molecular flexibility index (Phi) is 5.51.